The Labute approximate surface area is 100.0 Å². The number of nitro groups is 1. The monoisotopic (exact) mass is 240 g/mol. The SMILES string of the molecule is CC(C)CC(C)Nc1ccc([N+](=O)[O-])cc1F. The molecule has 0 radical (unpaired) electrons. The summed E-state index contributed by atoms with van der Waals surface area (Å²) in [7, 11) is 0. The van der Waals surface area contributed by atoms with Crippen LogP contribution >= 0.6 is 0 Å². The van der Waals surface area contributed by atoms with E-state index >= 15 is 0 Å². The summed E-state index contributed by atoms with van der Waals surface area (Å²) in [5, 5.41) is 13.5. The summed E-state index contributed by atoms with van der Waals surface area (Å²) in [6.07, 6.45) is 0.913. The molecule has 94 valence electrons. The van der Waals surface area contributed by atoms with Gasteiger partial charge in [0.25, 0.3) is 5.69 Å². The van der Waals surface area contributed by atoms with Crippen LogP contribution in [0.25, 0.3) is 0 Å². The molecule has 4 nitrogen and oxygen atoms in total. The Morgan fingerprint density at radius 3 is 2.53 bits per heavy atom. The second-order valence-corrected chi connectivity index (χ2v) is 4.60. The molecule has 1 aromatic rings. The normalized spacial score (nSPS) is 12.5. The van der Waals surface area contributed by atoms with Crippen molar-refractivity contribution in [3.05, 3.63) is 34.1 Å². The van der Waals surface area contributed by atoms with E-state index in [9.17, 15) is 14.5 Å². The lowest BCUT2D eigenvalue weighted by Gasteiger charge is -2.17. The highest BCUT2D eigenvalue weighted by Gasteiger charge is 2.12. The molecule has 0 aliphatic carbocycles. The number of nitrogens with zero attached hydrogens (tertiary/aromatic N) is 1. The summed E-state index contributed by atoms with van der Waals surface area (Å²) in [4.78, 5) is 9.84. The first-order valence-electron chi connectivity index (χ1n) is 5.60. The predicted octanol–water partition coefficient (Wildman–Crippen LogP) is 3.58. The molecule has 0 heterocycles. The van der Waals surface area contributed by atoms with Crippen LogP contribution in [0.2, 0.25) is 0 Å². The Morgan fingerprint density at radius 1 is 1.41 bits per heavy atom. The van der Waals surface area contributed by atoms with Crippen LogP contribution in [-0.4, -0.2) is 11.0 Å². The van der Waals surface area contributed by atoms with Gasteiger partial charge in [-0.3, -0.25) is 10.1 Å². The Morgan fingerprint density at radius 2 is 2.06 bits per heavy atom. The molecule has 17 heavy (non-hydrogen) atoms. The summed E-state index contributed by atoms with van der Waals surface area (Å²) in [6, 6.07) is 3.77. The molecular weight excluding hydrogens is 223 g/mol. The van der Waals surface area contributed by atoms with E-state index in [1.807, 2.05) is 6.92 Å². The molecule has 0 amide bonds. The zero-order valence-corrected chi connectivity index (χ0v) is 10.2. The minimum atomic E-state index is -0.607. The Balaban J connectivity index is 2.75. The summed E-state index contributed by atoms with van der Waals surface area (Å²) in [6.45, 7) is 6.13. The van der Waals surface area contributed by atoms with Crippen LogP contribution in [0.15, 0.2) is 18.2 Å². The first-order valence-corrected chi connectivity index (χ1v) is 5.60. The van der Waals surface area contributed by atoms with Gasteiger partial charge in [0.15, 0.2) is 5.82 Å². The molecule has 0 fully saturated rings. The average molecular weight is 240 g/mol. The fourth-order valence-electron chi connectivity index (χ4n) is 1.77. The van der Waals surface area contributed by atoms with Gasteiger partial charge < -0.3 is 5.32 Å². The molecule has 0 spiro atoms. The van der Waals surface area contributed by atoms with Gasteiger partial charge >= 0.3 is 0 Å². The standard InChI is InChI=1S/C12H17FN2O2/c1-8(2)6-9(3)14-12-5-4-10(15(16)17)7-11(12)13/h4-5,7-9,14H,6H2,1-3H3. The number of halogens is 1. The van der Waals surface area contributed by atoms with Gasteiger partial charge in [-0.15, -0.1) is 0 Å². The van der Waals surface area contributed by atoms with Crippen LogP contribution in [0.5, 0.6) is 0 Å². The minimum Gasteiger partial charge on any atom is -0.380 e. The molecule has 0 aliphatic rings. The molecule has 5 heteroatoms. The van der Waals surface area contributed by atoms with Crippen LogP contribution in [0, 0.1) is 21.8 Å². The van der Waals surface area contributed by atoms with E-state index in [0.717, 1.165) is 12.5 Å². The van der Waals surface area contributed by atoms with Gasteiger partial charge in [0.1, 0.15) is 0 Å². The molecule has 0 aromatic heterocycles. The first kappa shape index (κ1) is 13.4. The molecule has 0 aliphatic heterocycles. The van der Waals surface area contributed by atoms with E-state index in [2.05, 4.69) is 19.2 Å². The second kappa shape index (κ2) is 5.61. The summed E-state index contributed by atoms with van der Waals surface area (Å²) >= 11 is 0. The van der Waals surface area contributed by atoms with Crippen LogP contribution in [-0.2, 0) is 0 Å². The van der Waals surface area contributed by atoms with E-state index in [0.29, 0.717) is 11.6 Å². The Hall–Kier alpha value is -1.65. The third-order valence-corrected chi connectivity index (χ3v) is 2.39. The molecular formula is C12H17FN2O2. The van der Waals surface area contributed by atoms with Gasteiger partial charge in [0.2, 0.25) is 0 Å². The predicted molar refractivity (Wildman–Crippen MR) is 65.6 cm³/mol. The third-order valence-electron chi connectivity index (χ3n) is 2.39. The van der Waals surface area contributed by atoms with E-state index < -0.39 is 10.7 Å². The number of hydrogen-bond donors (Lipinski definition) is 1. The second-order valence-electron chi connectivity index (χ2n) is 4.60. The van der Waals surface area contributed by atoms with Gasteiger partial charge in [0, 0.05) is 12.1 Å². The van der Waals surface area contributed by atoms with Crippen LogP contribution in [0.1, 0.15) is 27.2 Å². The summed E-state index contributed by atoms with van der Waals surface area (Å²) < 4.78 is 13.5. The van der Waals surface area contributed by atoms with Crippen LogP contribution in [0.3, 0.4) is 0 Å². The number of anilines is 1. The summed E-state index contributed by atoms with van der Waals surface area (Å²) in [5.74, 6) is -0.0755. The maximum atomic E-state index is 13.5. The van der Waals surface area contributed by atoms with Crippen molar-refractivity contribution in [2.45, 2.75) is 33.2 Å². The van der Waals surface area contributed by atoms with Gasteiger partial charge in [-0.05, 0) is 25.3 Å². The number of hydrogen-bond acceptors (Lipinski definition) is 3. The van der Waals surface area contributed by atoms with Crippen molar-refractivity contribution in [3.63, 3.8) is 0 Å². The lowest BCUT2D eigenvalue weighted by Crippen LogP contribution is -2.18. The molecule has 1 N–H and O–H groups in total. The molecule has 1 rings (SSSR count). The number of rotatable bonds is 5. The zero-order chi connectivity index (χ0) is 13.0. The van der Waals surface area contributed by atoms with Crippen molar-refractivity contribution in [1.29, 1.82) is 0 Å². The molecule has 1 aromatic carbocycles. The molecule has 0 bridgehead atoms. The van der Waals surface area contributed by atoms with Crippen molar-refractivity contribution in [2.24, 2.45) is 5.92 Å². The highest BCUT2D eigenvalue weighted by Crippen LogP contribution is 2.22. The van der Waals surface area contributed by atoms with E-state index in [4.69, 9.17) is 0 Å². The van der Waals surface area contributed by atoms with Crippen molar-refractivity contribution in [3.8, 4) is 0 Å². The summed E-state index contributed by atoms with van der Waals surface area (Å²) in [5.41, 5.74) is 0.0771. The van der Waals surface area contributed by atoms with E-state index in [1.165, 1.54) is 12.1 Å². The Kier molecular flexibility index (Phi) is 4.43. The van der Waals surface area contributed by atoms with Gasteiger partial charge in [-0.1, -0.05) is 13.8 Å². The van der Waals surface area contributed by atoms with Gasteiger partial charge in [-0.2, -0.15) is 0 Å². The lowest BCUT2D eigenvalue weighted by atomic mass is 10.1. The van der Waals surface area contributed by atoms with Crippen molar-refractivity contribution in [1.82, 2.24) is 0 Å². The smallest absolute Gasteiger partial charge is 0.272 e. The fraction of sp³-hybridized carbons (Fsp3) is 0.500. The van der Waals surface area contributed by atoms with Crippen LogP contribution < -0.4 is 5.32 Å². The van der Waals surface area contributed by atoms with Crippen molar-refractivity contribution < 1.29 is 9.31 Å². The van der Waals surface area contributed by atoms with Crippen LogP contribution in [0.4, 0.5) is 15.8 Å². The third kappa shape index (κ3) is 4.01. The van der Waals surface area contributed by atoms with Gasteiger partial charge in [-0.25, -0.2) is 4.39 Å². The lowest BCUT2D eigenvalue weighted by molar-refractivity contribution is -0.385. The number of nitrogens with one attached hydrogen (secondary N) is 1. The quantitative estimate of drug-likeness (QED) is 0.632. The number of nitro benzene ring substituents is 1. The topological polar surface area (TPSA) is 55.2 Å². The largest absolute Gasteiger partial charge is 0.380 e. The van der Waals surface area contributed by atoms with Crippen molar-refractivity contribution in [2.75, 3.05) is 5.32 Å². The molecule has 0 saturated carbocycles. The molecule has 0 saturated heterocycles. The highest BCUT2D eigenvalue weighted by molar-refractivity contribution is 5.50. The van der Waals surface area contributed by atoms with E-state index in [1.54, 1.807) is 0 Å². The highest BCUT2D eigenvalue weighted by atomic mass is 19.1. The maximum Gasteiger partial charge on any atom is 0.272 e. The minimum absolute atomic E-state index is 0.131. The van der Waals surface area contributed by atoms with Gasteiger partial charge in [0.05, 0.1) is 16.7 Å². The Bertz CT molecular complexity index is 407. The van der Waals surface area contributed by atoms with E-state index in [-0.39, 0.29) is 11.7 Å². The first-order chi connectivity index (χ1) is 7.90. The molecule has 1 unspecified atom stereocenters. The number of benzene rings is 1. The fourth-order valence-corrected chi connectivity index (χ4v) is 1.77. The number of non-ortho nitro benzene ring substituents is 1. The average Bonchev–Trinajstić information content (AvgIpc) is 2.19. The maximum absolute atomic E-state index is 13.5. The molecule has 1 atom stereocenters. The zero-order valence-electron chi connectivity index (χ0n) is 10.2. The van der Waals surface area contributed by atoms with Crippen molar-refractivity contribution >= 4 is 11.4 Å².